The highest BCUT2D eigenvalue weighted by atomic mass is 79.9. The van der Waals surface area contributed by atoms with Gasteiger partial charge in [-0.15, -0.1) is 0 Å². The monoisotopic (exact) mass is 416 g/mol. The molecule has 0 fully saturated rings. The Labute approximate surface area is 158 Å². The van der Waals surface area contributed by atoms with E-state index in [0.717, 1.165) is 0 Å². The summed E-state index contributed by atoms with van der Waals surface area (Å²) in [5, 5.41) is 0. The normalized spacial score (nSPS) is 13.7. The first kappa shape index (κ1) is 18.2. The van der Waals surface area contributed by atoms with Gasteiger partial charge in [-0.05, 0) is 46.5 Å². The number of carbonyl (C=O) groups is 3. The molecule has 0 spiro atoms. The molecule has 0 radical (unpaired) electrons. The first-order valence-corrected chi connectivity index (χ1v) is 8.62. The van der Waals surface area contributed by atoms with Crippen LogP contribution in [-0.2, 0) is 4.79 Å². The van der Waals surface area contributed by atoms with Gasteiger partial charge < -0.3 is 13.9 Å². The summed E-state index contributed by atoms with van der Waals surface area (Å²) in [5.74, 6) is -0.766. The lowest BCUT2D eigenvalue weighted by Gasteiger charge is -2.13. The van der Waals surface area contributed by atoms with Crippen molar-refractivity contribution in [3.8, 4) is 11.5 Å². The van der Waals surface area contributed by atoms with E-state index < -0.39 is 17.3 Å². The minimum atomic E-state index is -0.753. The summed E-state index contributed by atoms with van der Waals surface area (Å²) >= 11 is 3.26. The van der Waals surface area contributed by atoms with Crippen LogP contribution in [0.4, 0.5) is 0 Å². The van der Waals surface area contributed by atoms with Crippen LogP contribution in [0, 0.1) is 0 Å². The van der Waals surface area contributed by atoms with E-state index in [-0.39, 0.29) is 22.4 Å². The number of ether oxygens (including phenoxy) is 2. The second kappa shape index (κ2) is 6.95. The lowest BCUT2D eigenvalue weighted by molar-refractivity contribution is -0.111. The van der Waals surface area contributed by atoms with E-state index in [1.807, 2.05) is 6.92 Å². The first-order chi connectivity index (χ1) is 12.4. The summed E-state index contributed by atoms with van der Waals surface area (Å²) in [5.41, 5.74) is 0.557. The molecule has 8 heteroatoms. The lowest BCUT2D eigenvalue weighted by Crippen LogP contribution is -2.24. The zero-order valence-electron chi connectivity index (χ0n) is 14.3. The molecule has 0 saturated carbocycles. The Morgan fingerprint density at radius 3 is 2.62 bits per heavy atom. The summed E-state index contributed by atoms with van der Waals surface area (Å²) in [6.07, 6.45) is 1.20. The van der Waals surface area contributed by atoms with Crippen LogP contribution in [0.15, 0.2) is 34.4 Å². The molecular formula is C18H14BBrO6. The zero-order valence-corrected chi connectivity index (χ0v) is 15.9. The number of hydrogen-bond donors (Lipinski definition) is 0. The fourth-order valence-electron chi connectivity index (χ4n) is 2.71. The quantitative estimate of drug-likeness (QED) is 0.422. The maximum Gasteiger partial charge on any atom is 0.236 e. The molecule has 0 amide bonds. The van der Waals surface area contributed by atoms with Gasteiger partial charge in [-0.2, -0.15) is 0 Å². The highest BCUT2D eigenvalue weighted by Crippen LogP contribution is 2.37. The van der Waals surface area contributed by atoms with Crippen molar-refractivity contribution in [3.63, 3.8) is 0 Å². The molecule has 0 bridgehead atoms. The smallest absolute Gasteiger partial charge is 0.236 e. The fourth-order valence-corrected chi connectivity index (χ4v) is 3.18. The second-order valence-electron chi connectivity index (χ2n) is 5.58. The number of benzene rings is 1. The maximum atomic E-state index is 12.9. The zero-order chi connectivity index (χ0) is 19.0. The Bertz CT molecular complexity index is 972. The number of hydrogen-bond acceptors (Lipinski definition) is 6. The third-order valence-electron chi connectivity index (χ3n) is 4.06. The summed E-state index contributed by atoms with van der Waals surface area (Å²) in [6.45, 7) is 2.22. The van der Waals surface area contributed by atoms with Crippen molar-refractivity contribution in [1.82, 2.24) is 0 Å². The van der Waals surface area contributed by atoms with Gasteiger partial charge in [0.25, 0.3) is 0 Å². The van der Waals surface area contributed by atoms with E-state index in [9.17, 15) is 14.4 Å². The number of halogens is 1. The van der Waals surface area contributed by atoms with Gasteiger partial charge in [0.2, 0.25) is 11.6 Å². The number of furan rings is 1. The molecule has 1 aromatic heterocycles. The van der Waals surface area contributed by atoms with Gasteiger partial charge in [-0.25, -0.2) is 0 Å². The highest BCUT2D eigenvalue weighted by molar-refractivity contribution is 9.15. The van der Waals surface area contributed by atoms with Crippen molar-refractivity contribution in [2.75, 3.05) is 13.7 Å². The summed E-state index contributed by atoms with van der Waals surface area (Å²) in [6, 6.07) is 4.71. The van der Waals surface area contributed by atoms with Gasteiger partial charge in [0.15, 0.2) is 23.0 Å². The SMILES string of the molecule is BC1=C(Br)c2occ(C(=O)c3ccc(OC)c(OCC)c3)c2C(=O)C1=O. The molecule has 0 N–H and O–H groups in total. The predicted octanol–water partition coefficient (Wildman–Crippen LogP) is 2.38. The molecular weight excluding hydrogens is 403 g/mol. The number of fused-ring (bicyclic) bond motifs is 1. The van der Waals surface area contributed by atoms with Crippen LogP contribution in [0.3, 0.4) is 0 Å². The number of allylic oxidation sites excluding steroid dienone is 1. The standard InChI is InChI=1S/C18H14BBrO6/c1-3-25-11-6-8(4-5-10(11)24-2)15(21)9-7-26-18-12(9)16(22)17(23)13(19)14(18)20/h4-7H,3,19H2,1-2H3. The molecule has 1 aliphatic carbocycles. The molecule has 2 aromatic rings. The van der Waals surface area contributed by atoms with Crippen LogP contribution in [0.25, 0.3) is 4.48 Å². The number of methoxy groups -OCH3 is 1. The summed E-state index contributed by atoms with van der Waals surface area (Å²) in [4.78, 5) is 37.4. The molecule has 1 aliphatic rings. The summed E-state index contributed by atoms with van der Waals surface area (Å²) in [7, 11) is 3.03. The predicted molar refractivity (Wildman–Crippen MR) is 100 cm³/mol. The Morgan fingerprint density at radius 2 is 1.96 bits per heavy atom. The van der Waals surface area contributed by atoms with E-state index in [4.69, 9.17) is 13.9 Å². The van der Waals surface area contributed by atoms with Crippen LogP contribution >= 0.6 is 15.9 Å². The number of carbonyl (C=O) groups excluding carboxylic acids is 3. The Hall–Kier alpha value is -2.61. The topological polar surface area (TPSA) is 82.8 Å². The third-order valence-corrected chi connectivity index (χ3v) is 5.02. The van der Waals surface area contributed by atoms with Gasteiger partial charge in [0.1, 0.15) is 14.1 Å². The van der Waals surface area contributed by atoms with Crippen molar-refractivity contribution in [1.29, 1.82) is 0 Å². The van der Waals surface area contributed by atoms with Crippen molar-refractivity contribution in [2.45, 2.75) is 6.92 Å². The fraction of sp³-hybridized carbons (Fsp3) is 0.167. The minimum absolute atomic E-state index is 0.0220. The molecule has 132 valence electrons. The third kappa shape index (κ3) is 2.80. The maximum absolute atomic E-state index is 12.9. The van der Waals surface area contributed by atoms with Crippen molar-refractivity contribution < 1.29 is 28.3 Å². The molecule has 0 atom stereocenters. The molecule has 3 rings (SSSR count). The summed E-state index contributed by atoms with van der Waals surface area (Å²) < 4.78 is 16.5. The molecule has 0 aliphatic heterocycles. The van der Waals surface area contributed by atoms with Crippen LogP contribution in [0.5, 0.6) is 11.5 Å². The Balaban J connectivity index is 2.09. The van der Waals surface area contributed by atoms with E-state index in [1.54, 1.807) is 12.1 Å². The van der Waals surface area contributed by atoms with E-state index in [2.05, 4.69) is 15.9 Å². The molecule has 1 heterocycles. The van der Waals surface area contributed by atoms with Gasteiger partial charge in [0, 0.05) is 5.56 Å². The second-order valence-corrected chi connectivity index (χ2v) is 6.37. The highest BCUT2D eigenvalue weighted by Gasteiger charge is 2.36. The molecule has 1 aromatic carbocycles. The van der Waals surface area contributed by atoms with Gasteiger partial charge in [0.05, 0.1) is 29.3 Å². The molecule has 0 saturated heterocycles. The van der Waals surface area contributed by atoms with E-state index in [0.29, 0.717) is 28.2 Å². The van der Waals surface area contributed by atoms with Crippen molar-refractivity contribution >= 4 is 45.6 Å². The van der Waals surface area contributed by atoms with Crippen molar-refractivity contribution in [3.05, 3.63) is 52.4 Å². The van der Waals surface area contributed by atoms with Crippen LogP contribution < -0.4 is 9.47 Å². The number of rotatable bonds is 5. The minimum Gasteiger partial charge on any atom is -0.493 e. The van der Waals surface area contributed by atoms with Crippen molar-refractivity contribution in [2.24, 2.45) is 0 Å². The van der Waals surface area contributed by atoms with Crippen LogP contribution in [-0.4, -0.2) is 38.9 Å². The number of ketones is 3. The average molecular weight is 417 g/mol. The van der Waals surface area contributed by atoms with Gasteiger partial charge >= 0.3 is 0 Å². The van der Waals surface area contributed by atoms with E-state index in [1.165, 1.54) is 27.3 Å². The molecule has 26 heavy (non-hydrogen) atoms. The largest absolute Gasteiger partial charge is 0.493 e. The number of Topliss-reactive ketones (excluding diaryl/α,β-unsaturated/α-hetero) is 2. The Kier molecular flexibility index (Phi) is 4.87. The average Bonchev–Trinajstić information content (AvgIpc) is 3.09. The van der Waals surface area contributed by atoms with Gasteiger partial charge in [-0.3, -0.25) is 14.4 Å². The van der Waals surface area contributed by atoms with Crippen LogP contribution in [0.2, 0.25) is 0 Å². The molecule has 0 unspecified atom stereocenters. The van der Waals surface area contributed by atoms with Gasteiger partial charge in [-0.1, -0.05) is 0 Å². The Morgan fingerprint density at radius 1 is 1.23 bits per heavy atom. The first-order valence-electron chi connectivity index (χ1n) is 7.83. The molecule has 6 nitrogen and oxygen atoms in total. The lowest BCUT2D eigenvalue weighted by atomic mass is 9.81. The van der Waals surface area contributed by atoms with E-state index >= 15 is 0 Å². The van der Waals surface area contributed by atoms with Crippen LogP contribution in [0.1, 0.15) is 39.0 Å².